The second kappa shape index (κ2) is 6.93. The Kier molecular flexibility index (Phi) is 4.70. The zero-order valence-corrected chi connectivity index (χ0v) is 13.9. The second-order valence-electron chi connectivity index (χ2n) is 5.53. The van der Waals surface area contributed by atoms with Gasteiger partial charge in [0, 0.05) is 17.8 Å². The zero-order chi connectivity index (χ0) is 18.0. The van der Waals surface area contributed by atoms with Crippen molar-refractivity contribution in [2.75, 3.05) is 13.7 Å². The van der Waals surface area contributed by atoms with Crippen LogP contribution in [-0.2, 0) is 0 Å². The summed E-state index contributed by atoms with van der Waals surface area (Å²) in [6, 6.07) is 7.70. The number of fused-ring (bicyclic) bond motifs is 1. The number of aromatic amines is 1. The minimum Gasteiger partial charge on any atom is -0.497 e. The van der Waals surface area contributed by atoms with E-state index in [1.807, 2.05) is 6.92 Å². The van der Waals surface area contributed by atoms with Crippen molar-refractivity contribution >= 4 is 10.9 Å². The number of pyridine rings is 1. The highest BCUT2D eigenvalue weighted by molar-refractivity contribution is 5.88. The van der Waals surface area contributed by atoms with Gasteiger partial charge in [-0.15, -0.1) is 0 Å². The summed E-state index contributed by atoms with van der Waals surface area (Å²) < 4.78 is 38.8. The van der Waals surface area contributed by atoms with Gasteiger partial charge in [0.25, 0.3) is 0 Å². The molecule has 0 spiro atoms. The fourth-order valence-corrected chi connectivity index (χ4v) is 2.61. The van der Waals surface area contributed by atoms with Gasteiger partial charge in [-0.3, -0.25) is 4.79 Å². The third-order valence-electron chi connectivity index (χ3n) is 3.88. The first-order valence-corrected chi connectivity index (χ1v) is 7.87. The van der Waals surface area contributed by atoms with Crippen LogP contribution in [0.1, 0.15) is 13.3 Å². The molecule has 0 saturated heterocycles. The molecule has 0 aliphatic rings. The molecular weight excluding hydrogens is 328 g/mol. The molecule has 1 heterocycles. The summed E-state index contributed by atoms with van der Waals surface area (Å²) in [5.41, 5.74) is 0.358. The van der Waals surface area contributed by atoms with Crippen molar-refractivity contribution < 1.29 is 18.3 Å². The number of rotatable bonds is 5. The summed E-state index contributed by atoms with van der Waals surface area (Å²) in [5, 5.41) is -0.348. The van der Waals surface area contributed by atoms with Gasteiger partial charge >= 0.3 is 0 Å². The van der Waals surface area contributed by atoms with E-state index < -0.39 is 17.1 Å². The molecule has 0 aliphatic heterocycles. The van der Waals surface area contributed by atoms with Crippen LogP contribution in [0.15, 0.2) is 41.3 Å². The monoisotopic (exact) mass is 345 g/mol. The first-order valence-electron chi connectivity index (χ1n) is 7.87. The molecule has 1 aromatic heterocycles. The molecule has 6 heteroatoms. The largest absolute Gasteiger partial charge is 0.497 e. The predicted octanol–water partition coefficient (Wildman–Crippen LogP) is 4.27. The van der Waals surface area contributed by atoms with Gasteiger partial charge in [0.1, 0.15) is 11.5 Å². The standard InChI is InChI=1S/C19H17F2NO3/c1-3-8-25-15-9-14(20)17(21)16-18(15)22-10-13(19(16)23)11-4-6-12(24-2)7-5-11/h4-7,9-10H,3,8H2,1-2H3,(H,22,23). The highest BCUT2D eigenvalue weighted by Gasteiger charge is 2.19. The van der Waals surface area contributed by atoms with Crippen LogP contribution in [0.2, 0.25) is 0 Å². The fraction of sp³-hybridized carbons (Fsp3) is 0.211. The molecular formula is C19H17F2NO3. The van der Waals surface area contributed by atoms with Crippen molar-refractivity contribution in [3.05, 3.63) is 58.4 Å². The van der Waals surface area contributed by atoms with Gasteiger partial charge in [-0.2, -0.15) is 0 Å². The molecule has 0 unspecified atom stereocenters. The highest BCUT2D eigenvalue weighted by atomic mass is 19.2. The fourth-order valence-electron chi connectivity index (χ4n) is 2.61. The van der Waals surface area contributed by atoms with Crippen LogP contribution in [-0.4, -0.2) is 18.7 Å². The molecule has 3 aromatic rings. The molecule has 4 nitrogen and oxygen atoms in total. The van der Waals surface area contributed by atoms with Gasteiger partial charge in [0.2, 0.25) is 0 Å². The van der Waals surface area contributed by atoms with Crippen LogP contribution in [0, 0.1) is 11.6 Å². The molecule has 1 N–H and O–H groups in total. The van der Waals surface area contributed by atoms with E-state index in [-0.39, 0.29) is 22.2 Å². The average Bonchev–Trinajstić information content (AvgIpc) is 2.63. The number of ether oxygens (including phenoxy) is 2. The van der Waals surface area contributed by atoms with Gasteiger partial charge in [0.05, 0.1) is 24.6 Å². The summed E-state index contributed by atoms with van der Waals surface area (Å²) in [6.45, 7) is 2.23. The number of aromatic nitrogens is 1. The number of halogens is 2. The molecule has 0 amide bonds. The van der Waals surface area contributed by atoms with Gasteiger partial charge < -0.3 is 14.5 Å². The topological polar surface area (TPSA) is 51.3 Å². The van der Waals surface area contributed by atoms with E-state index in [1.54, 1.807) is 24.3 Å². The molecule has 0 aliphatic carbocycles. The average molecular weight is 345 g/mol. The van der Waals surface area contributed by atoms with Gasteiger partial charge in [-0.25, -0.2) is 8.78 Å². The predicted molar refractivity (Wildman–Crippen MR) is 92.3 cm³/mol. The van der Waals surface area contributed by atoms with Crippen molar-refractivity contribution in [2.45, 2.75) is 13.3 Å². The molecule has 0 radical (unpaired) electrons. The highest BCUT2D eigenvalue weighted by Crippen LogP contribution is 2.29. The maximum absolute atomic E-state index is 14.3. The van der Waals surface area contributed by atoms with Gasteiger partial charge in [-0.05, 0) is 24.1 Å². The zero-order valence-electron chi connectivity index (χ0n) is 13.9. The molecule has 130 valence electrons. The maximum Gasteiger partial charge on any atom is 0.200 e. The number of benzene rings is 2. The van der Waals surface area contributed by atoms with Crippen LogP contribution in [0.4, 0.5) is 8.78 Å². The Morgan fingerprint density at radius 3 is 2.52 bits per heavy atom. The Labute approximate surface area is 143 Å². The summed E-state index contributed by atoms with van der Waals surface area (Å²) in [5.74, 6) is -1.55. The summed E-state index contributed by atoms with van der Waals surface area (Å²) in [6.07, 6.45) is 2.18. The number of H-pyrrole nitrogens is 1. The minimum atomic E-state index is -1.18. The Hall–Kier alpha value is -2.89. The molecule has 2 aromatic carbocycles. The van der Waals surface area contributed by atoms with Crippen molar-refractivity contribution in [1.82, 2.24) is 4.98 Å². The van der Waals surface area contributed by atoms with Crippen molar-refractivity contribution in [2.24, 2.45) is 0 Å². The summed E-state index contributed by atoms with van der Waals surface area (Å²) in [7, 11) is 1.54. The molecule has 0 fully saturated rings. The Morgan fingerprint density at radius 1 is 1.16 bits per heavy atom. The SMILES string of the molecule is CCCOc1cc(F)c(F)c2c(=O)c(-c3ccc(OC)cc3)c[nH]c12. The number of methoxy groups -OCH3 is 1. The molecule has 0 bridgehead atoms. The van der Waals surface area contributed by atoms with Crippen LogP contribution in [0.3, 0.4) is 0 Å². The molecule has 25 heavy (non-hydrogen) atoms. The van der Waals surface area contributed by atoms with E-state index in [4.69, 9.17) is 9.47 Å². The Bertz CT molecular complexity index is 965. The van der Waals surface area contributed by atoms with Crippen LogP contribution >= 0.6 is 0 Å². The first kappa shape index (κ1) is 17.0. The summed E-state index contributed by atoms with van der Waals surface area (Å²) in [4.78, 5) is 15.6. The smallest absolute Gasteiger partial charge is 0.200 e. The maximum atomic E-state index is 14.3. The second-order valence-corrected chi connectivity index (χ2v) is 5.53. The normalized spacial score (nSPS) is 10.9. The van der Waals surface area contributed by atoms with Crippen molar-refractivity contribution in [3.63, 3.8) is 0 Å². The van der Waals surface area contributed by atoms with E-state index >= 15 is 0 Å². The van der Waals surface area contributed by atoms with Crippen LogP contribution in [0.25, 0.3) is 22.0 Å². The quantitative estimate of drug-likeness (QED) is 0.751. The number of hydrogen-bond acceptors (Lipinski definition) is 3. The molecule has 0 atom stereocenters. The van der Waals surface area contributed by atoms with Crippen LogP contribution < -0.4 is 14.9 Å². The van der Waals surface area contributed by atoms with E-state index in [0.29, 0.717) is 24.3 Å². The lowest BCUT2D eigenvalue weighted by atomic mass is 10.0. The Morgan fingerprint density at radius 2 is 1.88 bits per heavy atom. The Balaban J connectivity index is 2.22. The third kappa shape index (κ3) is 3.07. The minimum absolute atomic E-state index is 0.120. The molecule has 0 saturated carbocycles. The van der Waals surface area contributed by atoms with E-state index in [0.717, 1.165) is 6.07 Å². The summed E-state index contributed by atoms with van der Waals surface area (Å²) >= 11 is 0. The number of nitrogens with one attached hydrogen (secondary N) is 1. The lowest BCUT2D eigenvalue weighted by Crippen LogP contribution is -2.11. The third-order valence-corrected chi connectivity index (χ3v) is 3.88. The number of hydrogen-bond donors (Lipinski definition) is 1. The lowest BCUT2D eigenvalue weighted by molar-refractivity contribution is 0.318. The van der Waals surface area contributed by atoms with Crippen LogP contribution in [0.5, 0.6) is 11.5 Å². The van der Waals surface area contributed by atoms with E-state index in [1.165, 1.54) is 13.3 Å². The van der Waals surface area contributed by atoms with E-state index in [9.17, 15) is 13.6 Å². The lowest BCUT2D eigenvalue weighted by Gasteiger charge is -2.11. The van der Waals surface area contributed by atoms with Crippen molar-refractivity contribution in [1.29, 1.82) is 0 Å². The van der Waals surface area contributed by atoms with Crippen molar-refractivity contribution in [3.8, 4) is 22.6 Å². The molecule has 3 rings (SSSR count). The first-order chi connectivity index (χ1) is 12.1. The van der Waals surface area contributed by atoms with Gasteiger partial charge in [-0.1, -0.05) is 19.1 Å². The van der Waals surface area contributed by atoms with E-state index in [2.05, 4.69) is 4.98 Å². The van der Waals surface area contributed by atoms with Gasteiger partial charge in [0.15, 0.2) is 17.1 Å².